The zero-order valence-corrected chi connectivity index (χ0v) is 31.5. The summed E-state index contributed by atoms with van der Waals surface area (Å²) in [6.45, 7) is 19.1. The molecule has 217 valence electrons. The third-order valence-electron chi connectivity index (χ3n) is 11.8. The Morgan fingerprint density at radius 2 is 1.05 bits per heavy atom. The minimum atomic E-state index is 0. The van der Waals surface area contributed by atoms with Crippen LogP contribution in [0.3, 0.4) is 0 Å². The molecule has 40 heavy (non-hydrogen) atoms. The van der Waals surface area contributed by atoms with E-state index in [0.717, 1.165) is 23.7 Å². The Hall–Kier alpha value is -0.508. The molecule has 2 aromatic carbocycles. The van der Waals surface area contributed by atoms with Gasteiger partial charge in [-0.15, -0.1) is 11.1 Å². The van der Waals surface area contributed by atoms with Gasteiger partial charge in [-0.3, -0.25) is 0 Å². The van der Waals surface area contributed by atoms with Gasteiger partial charge in [0.15, 0.2) is 0 Å². The van der Waals surface area contributed by atoms with Gasteiger partial charge in [-0.1, -0.05) is 93.9 Å². The van der Waals surface area contributed by atoms with Crippen molar-refractivity contribution in [3.05, 3.63) is 77.2 Å². The molecular formula is C39H57U. The van der Waals surface area contributed by atoms with Crippen LogP contribution in [0.15, 0.2) is 24.3 Å². The van der Waals surface area contributed by atoms with Crippen LogP contribution in [0, 0.1) is 74.3 Å². The molecule has 0 spiro atoms. The first-order valence-corrected chi connectivity index (χ1v) is 16.1. The number of benzene rings is 2. The molecule has 0 N–H and O–H groups in total. The second-order valence-corrected chi connectivity index (χ2v) is 14.8. The van der Waals surface area contributed by atoms with Crippen molar-refractivity contribution in [1.82, 2.24) is 0 Å². The van der Waals surface area contributed by atoms with Crippen LogP contribution >= 0.6 is 0 Å². The molecule has 2 unspecified atom stereocenters. The molecule has 0 bridgehead atoms. The zero-order chi connectivity index (χ0) is 27.2. The average molecular weight is 764 g/mol. The van der Waals surface area contributed by atoms with Crippen LogP contribution in [-0.4, -0.2) is 0 Å². The largest absolute Gasteiger partial charge is 3.00 e. The van der Waals surface area contributed by atoms with E-state index in [1.807, 2.05) is 0 Å². The summed E-state index contributed by atoms with van der Waals surface area (Å²) in [5.74, 6) is 4.79. The smallest absolute Gasteiger partial charge is 0.358 e. The maximum absolute atomic E-state index is 3.57. The van der Waals surface area contributed by atoms with Gasteiger partial charge in [0.2, 0.25) is 0 Å². The summed E-state index contributed by atoms with van der Waals surface area (Å²) >= 11 is 0. The maximum atomic E-state index is 3.57. The molecule has 0 heterocycles. The average Bonchev–Trinajstić information content (AvgIpc) is 2.88. The van der Waals surface area contributed by atoms with Gasteiger partial charge in [-0.2, -0.15) is 58.7 Å². The molecule has 6 rings (SSSR count). The van der Waals surface area contributed by atoms with Crippen molar-refractivity contribution in [3.8, 4) is 0 Å². The fraction of sp³-hybridized carbons (Fsp3) is 0.667. The van der Waals surface area contributed by atoms with Crippen molar-refractivity contribution in [2.24, 2.45) is 23.7 Å². The molecule has 4 aliphatic rings. The van der Waals surface area contributed by atoms with Gasteiger partial charge in [0.05, 0.1) is 0 Å². The van der Waals surface area contributed by atoms with E-state index in [-0.39, 0.29) is 38.5 Å². The minimum absolute atomic E-state index is 0. The summed E-state index contributed by atoms with van der Waals surface area (Å²) in [6.07, 6.45) is 13.8. The molecule has 4 aliphatic carbocycles. The SMILES string of the molecule is CC(C)c1[c-]cc2c(c1)CCC1[C@@H](C)CCC[C@]21C.CC(C)c1[c-]cc2c(c1)CCC1[C@@H](C)CCC[C@]21C.[CH3-].[U+3]. The molecule has 2 saturated carbocycles. The summed E-state index contributed by atoms with van der Waals surface area (Å²) < 4.78 is 0. The fourth-order valence-corrected chi connectivity index (χ4v) is 9.36. The first-order chi connectivity index (χ1) is 18.0. The van der Waals surface area contributed by atoms with Crippen LogP contribution in [-0.2, 0) is 23.7 Å². The molecule has 2 aromatic rings. The van der Waals surface area contributed by atoms with Crippen molar-refractivity contribution in [3.63, 3.8) is 0 Å². The van der Waals surface area contributed by atoms with Gasteiger partial charge in [0, 0.05) is 0 Å². The number of fused-ring (bicyclic) bond motifs is 6. The van der Waals surface area contributed by atoms with E-state index in [9.17, 15) is 0 Å². The van der Waals surface area contributed by atoms with Crippen molar-refractivity contribution < 1.29 is 31.1 Å². The molecule has 0 aromatic heterocycles. The molecular weight excluding hydrogens is 706 g/mol. The van der Waals surface area contributed by atoms with Crippen molar-refractivity contribution in [2.45, 2.75) is 142 Å². The molecule has 6 atom stereocenters. The normalized spacial score (nSPS) is 32.2. The Morgan fingerprint density at radius 1 is 0.675 bits per heavy atom. The van der Waals surface area contributed by atoms with Gasteiger partial charge in [-0.25, -0.2) is 0 Å². The van der Waals surface area contributed by atoms with Crippen LogP contribution in [0.4, 0.5) is 0 Å². The number of hydrogen-bond acceptors (Lipinski definition) is 0. The van der Waals surface area contributed by atoms with Gasteiger partial charge in [0.25, 0.3) is 0 Å². The quantitative estimate of drug-likeness (QED) is 0.267. The summed E-state index contributed by atoms with van der Waals surface area (Å²) in [6, 6.07) is 16.7. The summed E-state index contributed by atoms with van der Waals surface area (Å²) in [4.78, 5) is 0. The van der Waals surface area contributed by atoms with E-state index in [2.05, 4.69) is 91.8 Å². The maximum Gasteiger partial charge on any atom is 3.00 e. The summed E-state index contributed by atoms with van der Waals surface area (Å²) in [7, 11) is 0. The van der Waals surface area contributed by atoms with E-state index in [0.29, 0.717) is 22.7 Å². The molecule has 0 saturated heterocycles. The Balaban J connectivity index is 0.000000210. The topological polar surface area (TPSA) is 0 Å². The molecule has 0 amide bonds. The first kappa shape index (κ1) is 34.0. The third kappa shape index (κ3) is 6.23. The van der Waals surface area contributed by atoms with Gasteiger partial charge >= 0.3 is 31.1 Å². The van der Waals surface area contributed by atoms with Gasteiger partial charge < -0.3 is 7.43 Å². The number of rotatable bonds is 2. The fourth-order valence-electron chi connectivity index (χ4n) is 9.36. The Morgan fingerprint density at radius 3 is 1.40 bits per heavy atom. The number of aryl methyl sites for hydroxylation is 2. The summed E-state index contributed by atoms with van der Waals surface area (Å²) in [5, 5.41) is 0. The van der Waals surface area contributed by atoms with E-state index in [4.69, 9.17) is 0 Å². The minimum Gasteiger partial charge on any atom is -0.358 e. The van der Waals surface area contributed by atoms with Gasteiger partial charge in [0.1, 0.15) is 0 Å². The Bertz CT molecular complexity index is 1040. The second kappa shape index (κ2) is 13.4. The number of hydrogen-bond donors (Lipinski definition) is 0. The Labute approximate surface area is 272 Å². The van der Waals surface area contributed by atoms with E-state index >= 15 is 0 Å². The van der Waals surface area contributed by atoms with Crippen LogP contribution in [0.1, 0.15) is 152 Å². The second-order valence-electron chi connectivity index (χ2n) is 14.8. The molecule has 2 fully saturated rings. The molecule has 0 aliphatic heterocycles. The standard InChI is InChI=1S/2C19H27.CH3.U/c2*1-13(2)15-7-10-18-16(12-15)8-9-17-14(3)6-5-11-19(17,18)4;;/h2*10,12-14,17H,5-6,8-9,11H2,1-4H3;1H3;/q3*-1;+3/t2*14-,17?,19-;;/m00../s1. The zero-order valence-electron chi connectivity index (χ0n) is 27.3. The summed E-state index contributed by atoms with van der Waals surface area (Å²) in [5.41, 5.74) is 10.1. The van der Waals surface area contributed by atoms with Gasteiger partial charge in [-0.05, 0) is 72.0 Å². The predicted molar refractivity (Wildman–Crippen MR) is 170 cm³/mol. The van der Waals surface area contributed by atoms with Crippen molar-refractivity contribution in [2.75, 3.05) is 0 Å². The molecule has 1 heteroatoms. The van der Waals surface area contributed by atoms with Crippen LogP contribution in [0.2, 0.25) is 0 Å². The first-order valence-electron chi connectivity index (χ1n) is 16.1. The van der Waals surface area contributed by atoms with Crippen LogP contribution < -0.4 is 0 Å². The van der Waals surface area contributed by atoms with Crippen LogP contribution in [0.25, 0.3) is 0 Å². The van der Waals surface area contributed by atoms with E-state index < -0.39 is 0 Å². The predicted octanol–water partition coefficient (Wildman–Crippen LogP) is 11.0. The molecule has 1 radical (unpaired) electrons. The van der Waals surface area contributed by atoms with Crippen molar-refractivity contribution in [1.29, 1.82) is 0 Å². The van der Waals surface area contributed by atoms with Crippen LogP contribution in [0.5, 0.6) is 0 Å². The third-order valence-corrected chi connectivity index (χ3v) is 11.8. The van der Waals surface area contributed by atoms with Crippen molar-refractivity contribution >= 4 is 0 Å². The molecule has 0 nitrogen and oxygen atoms in total. The monoisotopic (exact) mass is 763 g/mol. The Kier molecular flexibility index (Phi) is 11.4. The van der Waals surface area contributed by atoms with E-state index in [1.54, 1.807) is 22.3 Å². The van der Waals surface area contributed by atoms with E-state index in [1.165, 1.54) is 75.3 Å².